The SMILES string of the molecule is CCS(=O)(=O)N1CCC(C(=O)OCc2nc(-c3cccc(OC)c3)no2)CC1. The van der Waals surface area contributed by atoms with Crippen molar-refractivity contribution in [1.82, 2.24) is 14.4 Å². The minimum absolute atomic E-state index is 0.0644. The van der Waals surface area contributed by atoms with E-state index in [1.807, 2.05) is 18.2 Å². The van der Waals surface area contributed by atoms with Gasteiger partial charge in [0, 0.05) is 18.7 Å². The van der Waals surface area contributed by atoms with Crippen LogP contribution < -0.4 is 4.74 Å². The Kier molecular flexibility index (Phi) is 6.30. The molecule has 0 radical (unpaired) electrons. The number of carbonyl (C=O) groups is 1. The highest BCUT2D eigenvalue weighted by atomic mass is 32.2. The highest BCUT2D eigenvalue weighted by Gasteiger charge is 2.31. The molecule has 10 heteroatoms. The fourth-order valence-corrected chi connectivity index (χ4v) is 4.13. The van der Waals surface area contributed by atoms with Crippen LogP contribution in [0.1, 0.15) is 25.7 Å². The number of esters is 1. The number of hydrogen-bond donors (Lipinski definition) is 0. The van der Waals surface area contributed by atoms with Gasteiger partial charge in [-0.3, -0.25) is 4.79 Å². The number of carbonyl (C=O) groups excluding carboxylic acids is 1. The third-order valence-electron chi connectivity index (χ3n) is 4.68. The van der Waals surface area contributed by atoms with Gasteiger partial charge in [-0.05, 0) is 31.9 Å². The number of piperidine rings is 1. The standard InChI is InChI=1S/C18H23N3O6S/c1-3-28(23,24)21-9-7-13(8-10-21)18(22)26-12-16-19-17(20-27-16)14-5-4-6-15(11-14)25-2/h4-6,11,13H,3,7-10,12H2,1-2H3. The molecule has 3 rings (SSSR count). The van der Waals surface area contributed by atoms with E-state index >= 15 is 0 Å². The summed E-state index contributed by atoms with van der Waals surface area (Å²) in [5.74, 6) is 0.597. The van der Waals surface area contributed by atoms with Crippen molar-refractivity contribution in [2.24, 2.45) is 5.92 Å². The van der Waals surface area contributed by atoms with Crippen LogP contribution in [0.3, 0.4) is 0 Å². The number of rotatable bonds is 7. The Bertz CT molecular complexity index is 919. The lowest BCUT2D eigenvalue weighted by molar-refractivity contribution is -0.152. The normalized spacial score (nSPS) is 16.1. The highest BCUT2D eigenvalue weighted by molar-refractivity contribution is 7.89. The quantitative estimate of drug-likeness (QED) is 0.637. The summed E-state index contributed by atoms with van der Waals surface area (Å²) < 4.78 is 40.8. The van der Waals surface area contributed by atoms with Crippen LogP contribution in [0.4, 0.5) is 0 Å². The van der Waals surface area contributed by atoms with Gasteiger partial charge < -0.3 is 14.0 Å². The first-order valence-corrected chi connectivity index (χ1v) is 10.7. The van der Waals surface area contributed by atoms with Crippen LogP contribution in [0, 0.1) is 5.92 Å². The lowest BCUT2D eigenvalue weighted by Crippen LogP contribution is -2.41. The van der Waals surface area contributed by atoms with Crippen molar-refractivity contribution in [3.05, 3.63) is 30.2 Å². The van der Waals surface area contributed by atoms with Crippen molar-refractivity contribution in [1.29, 1.82) is 0 Å². The third-order valence-corrected chi connectivity index (χ3v) is 6.56. The molecule has 0 atom stereocenters. The second-order valence-corrected chi connectivity index (χ2v) is 8.68. The molecular formula is C18H23N3O6S. The fourth-order valence-electron chi connectivity index (χ4n) is 3.00. The zero-order valence-electron chi connectivity index (χ0n) is 15.8. The summed E-state index contributed by atoms with van der Waals surface area (Å²) in [4.78, 5) is 16.5. The van der Waals surface area contributed by atoms with Gasteiger partial charge in [-0.2, -0.15) is 4.98 Å². The molecule has 1 aromatic carbocycles. The van der Waals surface area contributed by atoms with Crippen LogP contribution in [-0.2, 0) is 26.2 Å². The zero-order valence-corrected chi connectivity index (χ0v) is 16.6. The van der Waals surface area contributed by atoms with E-state index in [1.165, 1.54) is 4.31 Å². The molecule has 1 saturated heterocycles. The second-order valence-electron chi connectivity index (χ2n) is 6.43. The maximum absolute atomic E-state index is 12.3. The molecule has 0 saturated carbocycles. The Morgan fingerprint density at radius 2 is 2.07 bits per heavy atom. The molecule has 0 bridgehead atoms. The first-order chi connectivity index (χ1) is 13.4. The Hall–Kier alpha value is -2.46. The molecule has 1 aliphatic heterocycles. The zero-order chi connectivity index (χ0) is 20.1. The average molecular weight is 409 g/mol. The predicted molar refractivity (Wildman–Crippen MR) is 99.8 cm³/mol. The number of ether oxygens (including phenoxy) is 2. The molecule has 0 N–H and O–H groups in total. The number of methoxy groups -OCH3 is 1. The molecular weight excluding hydrogens is 386 g/mol. The van der Waals surface area contributed by atoms with Crippen molar-refractivity contribution >= 4 is 16.0 Å². The number of sulfonamides is 1. The van der Waals surface area contributed by atoms with E-state index in [-0.39, 0.29) is 30.1 Å². The van der Waals surface area contributed by atoms with E-state index in [2.05, 4.69) is 10.1 Å². The van der Waals surface area contributed by atoms with Gasteiger partial charge in [-0.15, -0.1) is 0 Å². The summed E-state index contributed by atoms with van der Waals surface area (Å²) in [6.07, 6.45) is 0.883. The van der Waals surface area contributed by atoms with Crippen molar-refractivity contribution in [3.8, 4) is 17.1 Å². The molecule has 0 amide bonds. The molecule has 152 valence electrons. The summed E-state index contributed by atoms with van der Waals surface area (Å²) in [6, 6.07) is 7.22. The highest BCUT2D eigenvalue weighted by Crippen LogP contribution is 2.23. The predicted octanol–water partition coefficient (Wildman–Crippen LogP) is 1.85. The molecule has 28 heavy (non-hydrogen) atoms. The molecule has 1 aliphatic rings. The summed E-state index contributed by atoms with van der Waals surface area (Å²) >= 11 is 0. The smallest absolute Gasteiger partial charge is 0.309 e. The Morgan fingerprint density at radius 1 is 1.32 bits per heavy atom. The van der Waals surface area contributed by atoms with E-state index in [1.54, 1.807) is 20.1 Å². The molecule has 0 unspecified atom stereocenters. The minimum atomic E-state index is -3.22. The van der Waals surface area contributed by atoms with Gasteiger partial charge in [0.1, 0.15) is 5.75 Å². The monoisotopic (exact) mass is 409 g/mol. The van der Waals surface area contributed by atoms with Crippen LogP contribution in [-0.4, -0.2) is 54.8 Å². The fraction of sp³-hybridized carbons (Fsp3) is 0.500. The second kappa shape index (κ2) is 8.70. The van der Waals surface area contributed by atoms with Crippen LogP contribution >= 0.6 is 0 Å². The van der Waals surface area contributed by atoms with Crippen LogP contribution in [0.15, 0.2) is 28.8 Å². The molecule has 1 fully saturated rings. The van der Waals surface area contributed by atoms with Gasteiger partial charge in [0.05, 0.1) is 18.8 Å². The topological polar surface area (TPSA) is 112 Å². The molecule has 9 nitrogen and oxygen atoms in total. The van der Waals surface area contributed by atoms with Crippen LogP contribution in [0.2, 0.25) is 0 Å². The Balaban J connectivity index is 1.52. The Labute approximate surface area is 163 Å². The van der Waals surface area contributed by atoms with E-state index in [9.17, 15) is 13.2 Å². The van der Waals surface area contributed by atoms with Gasteiger partial charge >= 0.3 is 5.97 Å². The van der Waals surface area contributed by atoms with Gasteiger partial charge in [-0.1, -0.05) is 17.3 Å². The summed E-state index contributed by atoms with van der Waals surface area (Å²) in [7, 11) is -1.64. The average Bonchev–Trinajstić information content (AvgIpc) is 3.21. The van der Waals surface area contributed by atoms with Crippen molar-refractivity contribution in [3.63, 3.8) is 0 Å². The summed E-state index contributed by atoms with van der Waals surface area (Å²) in [5.41, 5.74) is 0.727. The maximum Gasteiger partial charge on any atom is 0.309 e. The van der Waals surface area contributed by atoms with Crippen molar-refractivity contribution in [2.75, 3.05) is 26.0 Å². The van der Waals surface area contributed by atoms with Gasteiger partial charge in [-0.25, -0.2) is 12.7 Å². The molecule has 0 aliphatic carbocycles. The molecule has 1 aromatic heterocycles. The summed E-state index contributed by atoms with van der Waals surface area (Å²) in [5, 5.41) is 3.89. The largest absolute Gasteiger partial charge is 0.497 e. The summed E-state index contributed by atoms with van der Waals surface area (Å²) in [6.45, 7) is 2.15. The third kappa shape index (κ3) is 4.68. The van der Waals surface area contributed by atoms with Crippen LogP contribution in [0.25, 0.3) is 11.4 Å². The van der Waals surface area contributed by atoms with Crippen molar-refractivity contribution in [2.45, 2.75) is 26.4 Å². The van der Waals surface area contributed by atoms with Gasteiger partial charge in [0.2, 0.25) is 15.8 Å². The number of hydrogen-bond acceptors (Lipinski definition) is 8. The van der Waals surface area contributed by atoms with E-state index < -0.39 is 10.0 Å². The minimum Gasteiger partial charge on any atom is -0.497 e. The maximum atomic E-state index is 12.3. The molecule has 2 heterocycles. The van der Waals surface area contributed by atoms with E-state index in [0.717, 1.165) is 5.56 Å². The number of benzene rings is 1. The first-order valence-electron chi connectivity index (χ1n) is 9.04. The first kappa shape index (κ1) is 20.3. The lowest BCUT2D eigenvalue weighted by atomic mass is 9.98. The van der Waals surface area contributed by atoms with E-state index in [4.69, 9.17) is 14.0 Å². The Morgan fingerprint density at radius 3 is 2.75 bits per heavy atom. The van der Waals surface area contributed by atoms with Crippen LogP contribution in [0.5, 0.6) is 5.75 Å². The van der Waals surface area contributed by atoms with Crippen molar-refractivity contribution < 1.29 is 27.2 Å². The van der Waals surface area contributed by atoms with E-state index in [0.29, 0.717) is 37.5 Å². The molecule has 2 aromatic rings. The number of aromatic nitrogens is 2. The lowest BCUT2D eigenvalue weighted by Gasteiger charge is -2.29. The van der Waals surface area contributed by atoms with Gasteiger partial charge in [0.25, 0.3) is 5.89 Å². The number of nitrogens with zero attached hydrogens (tertiary/aromatic N) is 3. The van der Waals surface area contributed by atoms with Gasteiger partial charge in [0.15, 0.2) is 6.61 Å². The molecule has 0 spiro atoms.